The van der Waals surface area contributed by atoms with Crippen LogP contribution in [0.25, 0.3) is 10.9 Å². The van der Waals surface area contributed by atoms with Crippen LogP contribution in [0.15, 0.2) is 16.9 Å². The topological polar surface area (TPSA) is 64.2 Å². The molecular weight excluding hydrogens is 232 g/mol. The first-order chi connectivity index (χ1) is 7.65. The summed E-state index contributed by atoms with van der Waals surface area (Å²) in [4.78, 5) is 18.1. The van der Waals surface area contributed by atoms with Gasteiger partial charge in [-0.05, 0) is 11.6 Å². The van der Waals surface area contributed by atoms with Crippen molar-refractivity contribution in [3.05, 3.63) is 27.8 Å². The SMILES string of the molecule is COc1cc(OC)c2c(=O)[nH]c(Cl)nc2c1. The molecule has 6 heteroatoms. The number of rotatable bonds is 2. The van der Waals surface area contributed by atoms with E-state index in [1.165, 1.54) is 14.2 Å². The second-order valence-electron chi connectivity index (χ2n) is 3.08. The first-order valence-corrected chi connectivity index (χ1v) is 4.85. The van der Waals surface area contributed by atoms with E-state index < -0.39 is 0 Å². The van der Waals surface area contributed by atoms with Crippen molar-refractivity contribution in [2.75, 3.05) is 14.2 Å². The lowest BCUT2D eigenvalue weighted by atomic mass is 10.2. The molecule has 2 aromatic rings. The second-order valence-corrected chi connectivity index (χ2v) is 3.44. The fourth-order valence-electron chi connectivity index (χ4n) is 1.46. The standard InChI is InChI=1S/C10H9ClN2O3/c1-15-5-3-6-8(7(4-5)16-2)9(14)13-10(11)12-6/h3-4H,1-2H3,(H,12,13,14). The summed E-state index contributed by atoms with van der Waals surface area (Å²) in [6.45, 7) is 0. The molecule has 0 aliphatic heterocycles. The van der Waals surface area contributed by atoms with Gasteiger partial charge in [0.15, 0.2) is 0 Å². The number of halogens is 1. The van der Waals surface area contributed by atoms with E-state index in [1.807, 2.05) is 0 Å². The number of H-pyrrole nitrogens is 1. The van der Waals surface area contributed by atoms with Crippen LogP contribution >= 0.6 is 11.6 Å². The van der Waals surface area contributed by atoms with Crippen molar-refractivity contribution in [3.63, 3.8) is 0 Å². The van der Waals surface area contributed by atoms with E-state index in [9.17, 15) is 4.79 Å². The van der Waals surface area contributed by atoms with Crippen LogP contribution in [0, 0.1) is 0 Å². The summed E-state index contributed by atoms with van der Waals surface area (Å²) in [5.74, 6) is 0.957. The summed E-state index contributed by atoms with van der Waals surface area (Å²) in [5, 5.41) is 0.389. The first kappa shape index (κ1) is 10.8. The molecular formula is C10H9ClN2O3. The molecule has 0 atom stereocenters. The molecule has 84 valence electrons. The molecule has 5 nitrogen and oxygen atoms in total. The third-order valence-corrected chi connectivity index (χ3v) is 2.35. The first-order valence-electron chi connectivity index (χ1n) is 4.47. The summed E-state index contributed by atoms with van der Waals surface area (Å²) in [6, 6.07) is 3.24. The molecule has 0 aliphatic carbocycles. The summed E-state index contributed by atoms with van der Waals surface area (Å²) < 4.78 is 10.2. The maximum atomic E-state index is 11.7. The Kier molecular flexibility index (Phi) is 2.70. The Labute approximate surface area is 96.0 Å². The zero-order valence-corrected chi connectivity index (χ0v) is 9.46. The van der Waals surface area contributed by atoms with Crippen LogP contribution in [0.1, 0.15) is 0 Å². The van der Waals surface area contributed by atoms with Gasteiger partial charge in [-0.15, -0.1) is 0 Å². The van der Waals surface area contributed by atoms with Gasteiger partial charge in [0.25, 0.3) is 5.56 Å². The van der Waals surface area contributed by atoms with Gasteiger partial charge in [-0.2, -0.15) is 0 Å². The molecule has 0 amide bonds. The Morgan fingerprint density at radius 3 is 2.69 bits per heavy atom. The average molecular weight is 241 g/mol. The highest BCUT2D eigenvalue weighted by molar-refractivity contribution is 6.28. The lowest BCUT2D eigenvalue weighted by molar-refractivity contribution is 0.397. The van der Waals surface area contributed by atoms with Crippen LogP contribution in [-0.2, 0) is 0 Å². The summed E-state index contributed by atoms with van der Waals surface area (Å²) >= 11 is 5.67. The lowest BCUT2D eigenvalue weighted by Gasteiger charge is -2.07. The van der Waals surface area contributed by atoms with Crippen LogP contribution in [0.2, 0.25) is 5.28 Å². The fraction of sp³-hybridized carbons (Fsp3) is 0.200. The minimum Gasteiger partial charge on any atom is -0.497 e. The van der Waals surface area contributed by atoms with Gasteiger partial charge in [-0.1, -0.05) is 0 Å². The van der Waals surface area contributed by atoms with Gasteiger partial charge in [0, 0.05) is 12.1 Å². The largest absolute Gasteiger partial charge is 0.497 e. The predicted octanol–water partition coefficient (Wildman–Crippen LogP) is 1.59. The van der Waals surface area contributed by atoms with Crippen molar-refractivity contribution in [3.8, 4) is 11.5 Å². The molecule has 0 spiro atoms. The van der Waals surface area contributed by atoms with Gasteiger partial charge < -0.3 is 9.47 Å². The summed E-state index contributed by atoms with van der Waals surface area (Å²) in [6.07, 6.45) is 0. The smallest absolute Gasteiger partial charge is 0.263 e. The van der Waals surface area contributed by atoms with Crippen molar-refractivity contribution in [2.45, 2.75) is 0 Å². The van der Waals surface area contributed by atoms with E-state index in [1.54, 1.807) is 12.1 Å². The van der Waals surface area contributed by atoms with Crippen LogP contribution in [0.3, 0.4) is 0 Å². The highest BCUT2D eigenvalue weighted by atomic mass is 35.5. The Hall–Kier alpha value is -1.75. The molecule has 16 heavy (non-hydrogen) atoms. The quantitative estimate of drug-likeness (QED) is 0.810. The molecule has 0 unspecified atom stereocenters. The Bertz CT molecular complexity index is 594. The Morgan fingerprint density at radius 2 is 2.06 bits per heavy atom. The number of fused-ring (bicyclic) bond motifs is 1. The highest BCUT2D eigenvalue weighted by Gasteiger charge is 2.10. The third-order valence-electron chi connectivity index (χ3n) is 2.17. The Balaban J connectivity index is 2.89. The Morgan fingerprint density at radius 1 is 1.31 bits per heavy atom. The summed E-state index contributed by atoms with van der Waals surface area (Å²) in [5.41, 5.74) is 0.0967. The number of nitrogens with zero attached hydrogens (tertiary/aromatic N) is 1. The minimum atomic E-state index is -0.338. The number of benzene rings is 1. The van der Waals surface area contributed by atoms with Crippen molar-refractivity contribution in [1.29, 1.82) is 0 Å². The molecule has 0 saturated heterocycles. The molecule has 0 saturated carbocycles. The highest BCUT2D eigenvalue weighted by Crippen LogP contribution is 2.27. The van der Waals surface area contributed by atoms with Crippen LogP contribution in [0.4, 0.5) is 0 Å². The second kappa shape index (κ2) is 4.02. The van der Waals surface area contributed by atoms with Crippen molar-refractivity contribution in [2.24, 2.45) is 0 Å². The van der Waals surface area contributed by atoms with Gasteiger partial charge in [-0.3, -0.25) is 9.78 Å². The van der Waals surface area contributed by atoms with Gasteiger partial charge in [0.1, 0.15) is 16.9 Å². The van der Waals surface area contributed by atoms with Gasteiger partial charge in [0.2, 0.25) is 5.28 Å². The van der Waals surface area contributed by atoms with E-state index >= 15 is 0 Å². The number of methoxy groups -OCH3 is 2. The van der Waals surface area contributed by atoms with E-state index in [4.69, 9.17) is 21.1 Å². The van der Waals surface area contributed by atoms with E-state index in [0.717, 1.165) is 0 Å². The predicted molar refractivity (Wildman–Crippen MR) is 60.5 cm³/mol. The monoisotopic (exact) mass is 240 g/mol. The van der Waals surface area contributed by atoms with Gasteiger partial charge in [0.05, 0.1) is 19.7 Å². The molecule has 0 bridgehead atoms. The maximum Gasteiger partial charge on any atom is 0.263 e. The molecule has 1 N–H and O–H groups in total. The number of nitrogens with one attached hydrogen (secondary N) is 1. The fourth-order valence-corrected chi connectivity index (χ4v) is 1.64. The number of ether oxygens (including phenoxy) is 2. The number of hydrogen-bond acceptors (Lipinski definition) is 4. The molecule has 2 rings (SSSR count). The number of aromatic nitrogens is 2. The lowest BCUT2D eigenvalue weighted by Crippen LogP contribution is -2.09. The van der Waals surface area contributed by atoms with E-state index in [2.05, 4.69) is 9.97 Å². The van der Waals surface area contributed by atoms with Gasteiger partial charge in [-0.25, -0.2) is 4.98 Å². The van der Waals surface area contributed by atoms with E-state index in [-0.39, 0.29) is 10.8 Å². The van der Waals surface area contributed by atoms with Crippen LogP contribution < -0.4 is 15.0 Å². The minimum absolute atomic E-state index is 0.0350. The number of hydrogen-bond donors (Lipinski definition) is 1. The zero-order valence-electron chi connectivity index (χ0n) is 8.70. The van der Waals surface area contributed by atoms with Crippen molar-refractivity contribution >= 4 is 22.5 Å². The van der Waals surface area contributed by atoms with Crippen molar-refractivity contribution in [1.82, 2.24) is 9.97 Å². The third kappa shape index (κ3) is 1.69. The van der Waals surface area contributed by atoms with Gasteiger partial charge >= 0.3 is 0 Å². The summed E-state index contributed by atoms with van der Waals surface area (Å²) in [7, 11) is 3.00. The molecule has 1 aromatic carbocycles. The number of aromatic amines is 1. The van der Waals surface area contributed by atoms with Crippen molar-refractivity contribution < 1.29 is 9.47 Å². The normalized spacial score (nSPS) is 10.4. The molecule has 0 fully saturated rings. The molecule has 0 radical (unpaired) electrons. The van der Waals surface area contributed by atoms with Crippen LogP contribution in [0.5, 0.6) is 11.5 Å². The zero-order chi connectivity index (χ0) is 11.7. The molecule has 0 aliphatic rings. The molecule has 1 heterocycles. The average Bonchev–Trinajstić information content (AvgIpc) is 2.26. The van der Waals surface area contributed by atoms with Crippen LogP contribution in [-0.4, -0.2) is 24.2 Å². The molecule has 1 aromatic heterocycles. The van der Waals surface area contributed by atoms with E-state index in [0.29, 0.717) is 22.4 Å². The maximum absolute atomic E-state index is 11.7.